The van der Waals surface area contributed by atoms with Crippen LogP contribution in [0.1, 0.15) is 25.0 Å². The third-order valence-corrected chi connectivity index (χ3v) is 6.79. The van der Waals surface area contributed by atoms with Crippen molar-refractivity contribution in [1.82, 2.24) is 19.4 Å². The Balaban J connectivity index is 1.30. The van der Waals surface area contributed by atoms with Gasteiger partial charge in [0.25, 0.3) is 5.92 Å². The number of piperidine rings is 1. The van der Waals surface area contributed by atoms with Crippen molar-refractivity contribution in [3.8, 4) is 0 Å². The number of hydrogen-bond donors (Lipinski definition) is 1. The molecule has 1 aromatic rings. The minimum atomic E-state index is -3.14. The Hall–Kier alpha value is -2.78. The second-order valence-electron chi connectivity index (χ2n) is 8.81. The van der Waals surface area contributed by atoms with Crippen LogP contribution in [0.25, 0.3) is 5.70 Å². The van der Waals surface area contributed by atoms with Gasteiger partial charge in [0.05, 0.1) is 24.5 Å². The first-order valence-electron chi connectivity index (χ1n) is 10.9. The van der Waals surface area contributed by atoms with E-state index < -0.39 is 24.6 Å². The quantitative estimate of drug-likeness (QED) is 0.783. The molecule has 1 aromatic heterocycles. The van der Waals surface area contributed by atoms with Crippen LogP contribution >= 0.6 is 0 Å². The van der Waals surface area contributed by atoms with E-state index in [0.29, 0.717) is 19.6 Å². The zero-order valence-electron chi connectivity index (χ0n) is 17.3. The number of hydrogen-bond acceptors (Lipinski definition) is 4. The number of likely N-dealkylation sites (tertiary alicyclic amines) is 1. The molecule has 8 nitrogen and oxygen atoms in total. The number of rotatable bonds is 3. The van der Waals surface area contributed by atoms with Crippen LogP contribution in [-0.4, -0.2) is 94.3 Å². The van der Waals surface area contributed by atoms with Crippen molar-refractivity contribution in [1.29, 1.82) is 0 Å². The van der Waals surface area contributed by atoms with Gasteiger partial charge in [0, 0.05) is 44.8 Å². The molecule has 0 aromatic carbocycles. The van der Waals surface area contributed by atoms with Gasteiger partial charge in [-0.05, 0) is 37.5 Å². The molecule has 4 aliphatic rings. The summed E-state index contributed by atoms with van der Waals surface area (Å²) < 4.78 is 31.5. The maximum absolute atomic E-state index is 14.9. The predicted molar refractivity (Wildman–Crippen MR) is 109 cm³/mol. The zero-order chi connectivity index (χ0) is 21.8. The fourth-order valence-corrected chi connectivity index (χ4v) is 4.95. The first-order chi connectivity index (χ1) is 14.8. The first kappa shape index (κ1) is 20.1. The maximum Gasteiger partial charge on any atom is 0.407 e. The molecule has 0 spiro atoms. The van der Waals surface area contributed by atoms with Crippen LogP contribution in [0.3, 0.4) is 0 Å². The fraction of sp³-hybridized carbons (Fsp3) is 0.619. The highest BCUT2D eigenvalue weighted by Crippen LogP contribution is 2.35. The first-order valence-corrected chi connectivity index (χ1v) is 10.9. The predicted octanol–water partition coefficient (Wildman–Crippen LogP) is 1.72. The standard InChI is InChI=1S/C21H27F2N5O3/c22-21(23)14-26(20(30)31)8-6-18(21)28-9-5-16(17-2-1-7-27(17)28)24-10-12-25(13-11-24)19(29)15-3-4-15/h1-2,5,7,15,18H,3-4,6,8-14H2,(H,30,31). The zero-order valence-corrected chi connectivity index (χ0v) is 17.3. The lowest BCUT2D eigenvalue weighted by Gasteiger charge is -2.46. The second kappa shape index (κ2) is 7.42. The largest absolute Gasteiger partial charge is 0.465 e. The van der Waals surface area contributed by atoms with Gasteiger partial charge in [-0.1, -0.05) is 0 Å². The third kappa shape index (κ3) is 3.61. The molecule has 5 rings (SSSR count). The van der Waals surface area contributed by atoms with E-state index in [2.05, 4.69) is 4.90 Å². The highest BCUT2D eigenvalue weighted by Gasteiger charge is 2.50. The minimum absolute atomic E-state index is 0.0715. The number of halogens is 2. The van der Waals surface area contributed by atoms with Gasteiger partial charge in [0.2, 0.25) is 5.91 Å². The molecular formula is C21H27F2N5O3. The van der Waals surface area contributed by atoms with Crippen molar-refractivity contribution in [2.75, 3.05) is 50.8 Å². The number of alkyl halides is 2. The summed E-state index contributed by atoms with van der Waals surface area (Å²) in [5, 5.41) is 10.7. The molecule has 3 aliphatic heterocycles. The summed E-state index contributed by atoms with van der Waals surface area (Å²) in [6.07, 6.45) is 4.54. The van der Waals surface area contributed by atoms with Crippen molar-refractivity contribution in [2.45, 2.75) is 31.2 Å². The number of piperazine rings is 1. The number of carboxylic acid groups (broad SMARTS) is 1. The number of amides is 2. The van der Waals surface area contributed by atoms with Gasteiger partial charge in [0.1, 0.15) is 6.04 Å². The molecule has 1 saturated carbocycles. The fourth-order valence-electron chi connectivity index (χ4n) is 4.95. The van der Waals surface area contributed by atoms with Crippen LogP contribution in [0, 0.1) is 5.92 Å². The summed E-state index contributed by atoms with van der Waals surface area (Å²) in [5.74, 6) is -2.65. The summed E-state index contributed by atoms with van der Waals surface area (Å²) in [5.41, 5.74) is 1.86. The van der Waals surface area contributed by atoms with Gasteiger partial charge in [-0.25, -0.2) is 13.6 Å². The highest BCUT2D eigenvalue weighted by atomic mass is 19.3. The Morgan fingerprint density at radius 1 is 1.03 bits per heavy atom. The Labute approximate surface area is 179 Å². The summed E-state index contributed by atoms with van der Waals surface area (Å²) >= 11 is 0. The maximum atomic E-state index is 14.9. The van der Waals surface area contributed by atoms with Crippen LogP contribution in [0.2, 0.25) is 0 Å². The molecular weight excluding hydrogens is 408 g/mol. The van der Waals surface area contributed by atoms with E-state index in [1.54, 1.807) is 15.9 Å². The average Bonchev–Trinajstić information content (AvgIpc) is 3.48. The number of nitrogens with zero attached hydrogens (tertiary/aromatic N) is 5. The lowest BCUT2D eigenvalue weighted by Crippen LogP contribution is -2.63. The molecule has 10 heteroatoms. The topological polar surface area (TPSA) is 72.3 Å². The van der Waals surface area contributed by atoms with E-state index in [4.69, 9.17) is 5.11 Å². The molecule has 4 heterocycles. The van der Waals surface area contributed by atoms with Crippen LogP contribution in [-0.2, 0) is 4.79 Å². The second-order valence-corrected chi connectivity index (χ2v) is 8.81. The molecule has 2 amide bonds. The van der Waals surface area contributed by atoms with Gasteiger partial charge in [-0.2, -0.15) is 0 Å². The Kier molecular flexibility index (Phi) is 4.82. The average molecular weight is 435 g/mol. The SMILES string of the molecule is O=C(O)N1CCC(N2CC=C(N3CCN(C(=O)C4CC4)CC3)c3cccn32)C(F)(F)C1. The van der Waals surface area contributed by atoms with Crippen molar-refractivity contribution in [3.63, 3.8) is 0 Å². The number of carbonyl (C=O) groups excluding carboxylic acids is 1. The number of fused-ring (bicyclic) bond motifs is 1. The molecule has 2 saturated heterocycles. The van der Waals surface area contributed by atoms with Crippen molar-refractivity contribution < 1.29 is 23.5 Å². The molecule has 0 radical (unpaired) electrons. The van der Waals surface area contributed by atoms with Crippen molar-refractivity contribution in [3.05, 3.63) is 30.1 Å². The Morgan fingerprint density at radius 3 is 2.42 bits per heavy atom. The van der Waals surface area contributed by atoms with E-state index in [0.717, 1.165) is 42.2 Å². The molecule has 1 N–H and O–H groups in total. The lowest BCUT2D eigenvalue weighted by atomic mass is 9.99. The van der Waals surface area contributed by atoms with Crippen LogP contribution in [0.4, 0.5) is 13.6 Å². The summed E-state index contributed by atoms with van der Waals surface area (Å²) in [6.45, 7) is 2.45. The Bertz CT molecular complexity index is 905. The van der Waals surface area contributed by atoms with Crippen molar-refractivity contribution >= 4 is 17.7 Å². The molecule has 1 atom stereocenters. The molecule has 31 heavy (non-hydrogen) atoms. The van der Waals surface area contributed by atoms with Gasteiger partial charge in [0.15, 0.2) is 0 Å². The van der Waals surface area contributed by atoms with E-state index in [1.165, 1.54) is 0 Å². The van der Waals surface area contributed by atoms with E-state index in [1.807, 2.05) is 23.1 Å². The molecule has 3 fully saturated rings. The van der Waals surface area contributed by atoms with Crippen LogP contribution in [0.15, 0.2) is 24.4 Å². The van der Waals surface area contributed by atoms with E-state index in [-0.39, 0.29) is 24.8 Å². The van der Waals surface area contributed by atoms with Crippen LogP contribution < -0.4 is 5.01 Å². The Morgan fingerprint density at radius 2 is 1.77 bits per heavy atom. The summed E-state index contributed by atoms with van der Waals surface area (Å²) in [6, 6.07) is 2.70. The third-order valence-electron chi connectivity index (χ3n) is 6.79. The highest BCUT2D eigenvalue weighted by molar-refractivity contribution is 5.81. The van der Waals surface area contributed by atoms with Gasteiger partial charge in [-0.15, -0.1) is 0 Å². The molecule has 1 aliphatic carbocycles. The molecule has 168 valence electrons. The minimum Gasteiger partial charge on any atom is -0.465 e. The normalized spacial score (nSPS) is 25.9. The summed E-state index contributed by atoms with van der Waals surface area (Å²) in [7, 11) is 0. The van der Waals surface area contributed by atoms with E-state index in [9.17, 15) is 18.4 Å². The monoisotopic (exact) mass is 435 g/mol. The summed E-state index contributed by atoms with van der Waals surface area (Å²) in [4.78, 5) is 28.4. The van der Waals surface area contributed by atoms with Gasteiger partial charge >= 0.3 is 6.09 Å². The van der Waals surface area contributed by atoms with Gasteiger partial charge < -0.3 is 19.8 Å². The molecule has 0 bridgehead atoms. The lowest BCUT2D eigenvalue weighted by molar-refractivity contribution is -0.133. The van der Waals surface area contributed by atoms with E-state index >= 15 is 0 Å². The van der Waals surface area contributed by atoms with Crippen molar-refractivity contribution in [2.24, 2.45) is 5.92 Å². The number of aromatic nitrogens is 1. The molecule has 1 unspecified atom stereocenters. The number of carbonyl (C=O) groups is 2. The smallest absolute Gasteiger partial charge is 0.407 e. The van der Waals surface area contributed by atoms with Crippen LogP contribution in [0.5, 0.6) is 0 Å². The van der Waals surface area contributed by atoms with Gasteiger partial charge in [-0.3, -0.25) is 14.5 Å².